The Kier molecular flexibility index (Phi) is 3.65. The fraction of sp³-hybridized carbons (Fsp3) is 0.500. The highest BCUT2D eigenvalue weighted by molar-refractivity contribution is 5.30. The van der Waals surface area contributed by atoms with Crippen molar-refractivity contribution in [3.8, 4) is 11.8 Å². The van der Waals surface area contributed by atoms with Gasteiger partial charge in [-0.3, -0.25) is 4.90 Å². The quantitative estimate of drug-likeness (QED) is 0.849. The van der Waals surface area contributed by atoms with Crippen LogP contribution in [-0.4, -0.2) is 23.1 Å². The predicted octanol–water partition coefficient (Wildman–Crippen LogP) is 2.69. The van der Waals surface area contributed by atoms with Crippen LogP contribution in [0.2, 0.25) is 0 Å². The monoisotopic (exact) mass is 230 g/mol. The number of phenolic OH excluding ortho intramolecular Hbond substituents is 1. The van der Waals surface area contributed by atoms with E-state index in [4.69, 9.17) is 0 Å². The van der Waals surface area contributed by atoms with E-state index in [-0.39, 0.29) is 11.8 Å². The van der Waals surface area contributed by atoms with Crippen LogP contribution in [0.5, 0.6) is 5.75 Å². The third-order valence-corrected chi connectivity index (χ3v) is 3.38. The minimum Gasteiger partial charge on any atom is -0.508 e. The molecule has 17 heavy (non-hydrogen) atoms. The van der Waals surface area contributed by atoms with Crippen LogP contribution in [-0.2, 0) is 0 Å². The molecule has 0 amide bonds. The number of hydrogen-bond donors (Lipinski definition) is 1. The van der Waals surface area contributed by atoms with E-state index in [1.807, 2.05) is 12.1 Å². The lowest BCUT2D eigenvalue weighted by molar-refractivity contribution is 0.156. The Hall–Kier alpha value is -1.53. The van der Waals surface area contributed by atoms with Crippen molar-refractivity contribution in [2.24, 2.45) is 5.92 Å². The highest BCUT2D eigenvalue weighted by Gasteiger charge is 2.24. The Labute approximate surface area is 102 Å². The average molecular weight is 230 g/mol. The Balaban J connectivity index is 2.16. The molecule has 3 nitrogen and oxygen atoms in total. The maximum Gasteiger partial charge on any atom is 0.123 e. The summed E-state index contributed by atoms with van der Waals surface area (Å²) in [7, 11) is 0. The molecule has 0 spiro atoms. The second-order valence-electron chi connectivity index (χ2n) is 4.87. The molecule has 90 valence electrons. The Morgan fingerprint density at radius 1 is 1.41 bits per heavy atom. The summed E-state index contributed by atoms with van der Waals surface area (Å²) < 4.78 is 0. The molecule has 2 atom stereocenters. The first-order valence-corrected chi connectivity index (χ1v) is 6.13. The third-order valence-electron chi connectivity index (χ3n) is 3.38. The van der Waals surface area contributed by atoms with Crippen LogP contribution in [0.1, 0.15) is 31.4 Å². The van der Waals surface area contributed by atoms with E-state index in [9.17, 15) is 10.4 Å². The number of nitriles is 1. The van der Waals surface area contributed by atoms with Crippen molar-refractivity contribution in [3.63, 3.8) is 0 Å². The summed E-state index contributed by atoms with van der Waals surface area (Å²) in [6.07, 6.45) is 2.42. The van der Waals surface area contributed by atoms with Gasteiger partial charge in [-0.05, 0) is 43.0 Å². The predicted molar refractivity (Wildman–Crippen MR) is 66.4 cm³/mol. The average Bonchev–Trinajstić information content (AvgIpc) is 2.33. The summed E-state index contributed by atoms with van der Waals surface area (Å²) >= 11 is 0. The van der Waals surface area contributed by atoms with Crippen LogP contribution in [0.4, 0.5) is 0 Å². The Morgan fingerprint density at radius 2 is 2.12 bits per heavy atom. The number of nitrogens with zero attached hydrogens (tertiary/aromatic N) is 2. The molecule has 0 bridgehead atoms. The normalized spacial score (nSPS) is 22.9. The summed E-state index contributed by atoms with van der Waals surface area (Å²) in [5.74, 6) is 0.911. The van der Waals surface area contributed by atoms with Crippen molar-refractivity contribution in [2.45, 2.75) is 25.8 Å². The van der Waals surface area contributed by atoms with Crippen LogP contribution >= 0.6 is 0 Å². The zero-order valence-electron chi connectivity index (χ0n) is 10.1. The first kappa shape index (κ1) is 11.9. The van der Waals surface area contributed by atoms with Gasteiger partial charge in [0.1, 0.15) is 11.8 Å². The van der Waals surface area contributed by atoms with E-state index in [0.717, 1.165) is 25.1 Å². The summed E-state index contributed by atoms with van der Waals surface area (Å²) in [6, 6.07) is 9.15. The second kappa shape index (κ2) is 5.20. The van der Waals surface area contributed by atoms with Gasteiger partial charge >= 0.3 is 0 Å². The molecule has 0 aromatic heterocycles. The van der Waals surface area contributed by atoms with Gasteiger partial charge in [-0.2, -0.15) is 5.26 Å². The maximum atomic E-state index is 9.33. The molecule has 1 aromatic carbocycles. The summed E-state index contributed by atoms with van der Waals surface area (Å²) in [5.41, 5.74) is 0.972. The molecule has 0 saturated carbocycles. The van der Waals surface area contributed by atoms with Crippen LogP contribution in [0.3, 0.4) is 0 Å². The largest absolute Gasteiger partial charge is 0.508 e. The summed E-state index contributed by atoms with van der Waals surface area (Å²) in [4.78, 5) is 2.24. The molecule has 1 aromatic rings. The lowest BCUT2D eigenvalue weighted by Gasteiger charge is -2.34. The highest BCUT2D eigenvalue weighted by Crippen LogP contribution is 2.27. The topological polar surface area (TPSA) is 47.3 Å². The van der Waals surface area contributed by atoms with Gasteiger partial charge in [-0.15, -0.1) is 0 Å². The second-order valence-corrected chi connectivity index (χ2v) is 4.87. The lowest BCUT2D eigenvalue weighted by atomic mass is 9.96. The molecule has 2 unspecified atom stereocenters. The van der Waals surface area contributed by atoms with E-state index < -0.39 is 0 Å². The number of benzene rings is 1. The van der Waals surface area contributed by atoms with Crippen molar-refractivity contribution in [3.05, 3.63) is 29.8 Å². The van der Waals surface area contributed by atoms with Crippen LogP contribution < -0.4 is 0 Å². The van der Waals surface area contributed by atoms with Crippen LogP contribution in [0.25, 0.3) is 0 Å². The van der Waals surface area contributed by atoms with E-state index in [0.29, 0.717) is 5.92 Å². The third kappa shape index (κ3) is 2.78. The molecule has 1 aliphatic heterocycles. The standard InChI is InChI=1S/C14H18N2O/c1-11-3-2-8-16(10-11)14(9-15)12-4-6-13(17)7-5-12/h4-7,11,14,17H,2-3,8,10H2,1H3. The lowest BCUT2D eigenvalue weighted by Crippen LogP contribution is -2.36. The van der Waals surface area contributed by atoms with Gasteiger partial charge in [0.05, 0.1) is 6.07 Å². The van der Waals surface area contributed by atoms with Crippen molar-refractivity contribution in [1.29, 1.82) is 5.26 Å². The Morgan fingerprint density at radius 3 is 2.71 bits per heavy atom. The minimum absolute atomic E-state index is 0.182. The fourth-order valence-corrected chi connectivity index (χ4v) is 2.48. The maximum absolute atomic E-state index is 9.33. The smallest absolute Gasteiger partial charge is 0.123 e. The van der Waals surface area contributed by atoms with Gasteiger partial charge in [0.25, 0.3) is 0 Å². The molecular formula is C14H18N2O. The van der Waals surface area contributed by atoms with Crippen molar-refractivity contribution >= 4 is 0 Å². The van der Waals surface area contributed by atoms with Gasteiger partial charge in [-0.1, -0.05) is 19.1 Å². The molecule has 3 heteroatoms. The van der Waals surface area contributed by atoms with Gasteiger partial charge in [-0.25, -0.2) is 0 Å². The summed E-state index contributed by atoms with van der Waals surface area (Å²) in [5, 5.41) is 18.6. The van der Waals surface area contributed by atoms with Crippen molar-refractivity contribution in [2.75, 3.05) is 13.1 Å². The van der Waals surface area contributed by atoms with E-state index in [1.165, 1.54) is 6.42 Å². The minimum atomic E-state index is -0.182. The Bertz CT molecular complexity index is 407. The highest BCUT2D eigenvalue weighted by atomic mass is 16.3. The first-order valence-electron chi connectivity index (χ1n) is 6.13. The number of hydrogen-bond acceptors (Lipinski definition) is 3. The van der Waals surface area contributed by atoms with Gasteiger partial charge in [0.15, 0.2) is 0 Å². The van der Waals surface area contributed by atoms with Gasteiger partial charge in [0.2, 0.25) is 0 Å². The molecule has 1 saturated heterocycles. The number of piperidine rings is 1. The van der Waals surface area contributed by atoms with Gasteiger partial charge in [0, 0.05) is 6.54 Å². The molecule has 0 aliphatic carbocycles. The molecule has 1 N–H and O–H groups in total. The number of rotatable bonds is 2. The number of aromatic hydroxyl groups is 1. The molecule has 0 radical (unpaired) electrons. The van der Waals surface area contributed by atoms with Crippen LogP contribution in [0, 0.1) is 17.2 Å². The molecule has 1 aliphatic rings. The molecule has 1 fully saturated rings. The van der Waals surface area contributed by atoms with Gasteiger partial charge < -0.3 is 5.11 Å². The molecular weight excluding hydrogens is 212 g/mol. The zero-order chi connectivity index (χ0) is 12.3. The van der Waals surface area contributed by atoms with Crippen molar-refractivity contribution < 1.29 is 5.11 Å². The van der Waals surface area contributed by atoms with Crippen molar-refractivity contribution in [1.82, 2.24) is 4.90 Å². The molecule has 1 heterocycles. The molecule has 2 rings (SSSR count). The number of phenols is 1. The van der Waals surface area contributed by atoms with Crippen LogP contribution in [0.15, 0.2) is 24.3 Å². The SMILES string of the molecule is CC1CCCN(C(C#N)c2ccc(O)cc2)C1. The number of likely N-dealkylation sites (tertiary alicyclic amines) is 1. The first-order chi connectivity index (χ1) is 8.20. The van der Waals surface area contributed by atoms with E-state index in [2.05, 4.69) is 17.9 Å². The summed E-state index contributed by atoms with van der Waals surface area (Å²) in [6.45, 7) is 4.21. The fourth-order valence-electron chi connectivity index (χ4n) is 2.48. The zero-order valence-corrected chi connectivity index (χ0v) is 10.1. The van der Waals surface area contributed by atoms with E-state index in [1.54, 1.807) is 12.1 Å². The van der Waals surface area contributed by atoms with E-state index >= 15 is 0 Å².